The highest BCUT2D eigenvalue weighted by Gasteiger charge is 2.14. The van der Waals surface area contributed by atoms with Gasteiger partial charge in [-0.1, -0.05) is 0 Å². The van der Waals surface area contributed by atoms with Crippen LogP contribution in [0.2, 0.25) is 0 Å². The molecule has 0 bridgehead atoms. The zero-order valence-electron chi connectivity index (χ0n) is 5.59. The molecule has 1 rings (SSSR count). The molecule has 0 saturated heterocycles. The highest BCUT2D eigenvalue weighted by molar-refractivity contribution is 14.1. The smallest absolute Gasteiger partial charge is 0.195 e. The highest BCUT2D eigenvalue weighted by atomic mass is 127. The molecule has 0 fully saturated rings. The van der Waals surface area contributed by atoms with Crippen molar-refractivity contribution in [2.75, 3.05) is 0 Å². The van der Waals surface area contributed by atoms with Gasteiger partial charge in [-0.05, 0) is 41.1 Å². The third-order valence-electron chi connectivity index (χ3n) is 1.28. The SMILES string of the molecule is Cc1cc(I)c(F)c(F)c1F. The molecule has 11 heavy (non-hydrogen) atoms. The molecule has 0 heterocycles. The van der Waals surface area contributed by atoms with Crippen LogP contribution in [0.5, 0.6) is 0 Å². The van der Waals surface area contributed by atoms with E-state index < -0.39 is 17.5 Å². The van der Waals surface area contributed by atoms with Gasteiger partial charge in [0.2, 0.25) is 0 Å². The van der Waals surface area contributed by atoms with E-state index in [4.69, 9.17) is 0 Å². The van der Waals surface area contributed by atoms with Crippen molar-refractivity contribution < 1.29 is 13.2 Å². The Morgan fingerprint density at radius 2 is 1.64 bits per heavy atom. The fraction of sp³-hybridized carbons (Fsp3) is 0.143. The van der Waals surface area contributed by atoms with Crippen LogP contribution in [0, 0.1) is 27.9 Å². The molecule has 0 atom stereocenters. The quantitative estimate of drug-likeness (QED) is 0.387. The number of aryl methyl sites for hydroxylation is 1. The van der Waals surface area contributed by atoms with E-state index in [9.17, 15) is 13.2 Å². The summed E-state index contributed by atoms with van der Waals surface area (Å²) in [7, 11) is 0. The summed E-state index contributed by atoms with van der Waals surface area (Å²) in [4.78, 5) is 0. The normalized spacial score (nSPS) is 10.3. The van der Waals surface area contributed by atoms with E-state index in [0.29, 0.717) is 0 Å². The van der Waals surface area contributed by atoms with E-state index >= 15 is 0 Å². The minimum atomic E-state index is -1.39. The fourth-order valence-corrected chi connectivity index (χ4v) is 1.39. The molecular formula is C7H4F3I. The van der Waals surface area contributed by atoms with Gasteiger partial charge in [0, 0.05) is 0 Å². The van der Waals surface area contributed by atoms with Crippen molar-refractivity contribution in [3.8, 4) is 0 Å². The molecule has 0 radical (unpaired) electrons. The van der Waals surface area contributed by atoms with E-state index in [1.165, 1.54) is 13.0 Å². The van der Waals surface area contributed by atoms with E-state index in [2.05, 4.69) is 0 Å². The van der Waals surface area contributed by atoms with Gasteiger partial charge in [-0.25, -0.2) is 13.2 Å². The Morgan fingerprint density at radius 1 is 1.09 bits per heavy atom. The molecule has 0 saturated carbocycles. The molecule has 0 aliphatic rings. The first-order valence-electron chi connectivity index (χ1n) is 2.83. The molecule has 0 aliphatic heterocycles. The van der Waals surface area contributed by atoms with Crippen LogP contribution in [0.3, 0.4) is 0 Å². The van der Waals surface area contributed by atoms with Crippen LogP contribution >= 0.6 is 22.6 Å². The first kappa shape index (κ1) is 8.83. The van der Waals surface area contributed by atoms with Gasteiger partial charge in [0.1, 0.15) is 0 Å². The zero-order valence-corrected chi connectivity index (χ0v) is 7.75. The van der Waals surface area contributed by atoms with Gasteiger partial charge < -0.3 is 0 Å². The lowest BCUT2D eigenvalue weighted by Gasteiger charge is -2.00. The van der Waals surface area contributed by atoms with Gasteiger partial charge in [0.05, 0.1) is 3.57 Å². The minimum absolute atomic E-state index is 0.0963. The Hall–Kier alpha value is -0.260. The average Bonchev–Trinajstić information content (AvgIpc) is 1.97. The monoisotopic (exact) mass is 272 g/mol. The lowest BCUT2D eigenvalue weighted by atomic mass is 10.2. The first-order valence-corrected chi connectivity index (χ1v) is 3.91. The number of benzene rings is 1. The summed E-state index contributed by atoms with van der Waals surface area (Å²) in [5.74, 6) is -3.62. The molecule has 60 valence electrons. The van der Waals surface area contributed by atoms with Gasteiger partial charge in [-0.15, -0.1) is 0 Å². The zero-order chi connectivity index (χ0) is 8.59. The van der Waals surface area contributed by atoms with E-state index in [0.717, 1.165) is 0 Å². The summed E-state index contributed by atoms with van der Waals surface area (Å²) < 4.78 is 37.7. The Labute approximate surface area is 75.6 Å². The second-order valence-electron chi connectivity index (χ2n) is 2.12. The first-order chi connectivity index (χ1) is 5.04. The summed E-state index contributed by atoms with van der Waals surface area (Å²) in [5.41, 5.74) is 0.119. The maximum atomic E-state index is 12.6. The molecule has 1 aromatic carbocycles. The second kappa shape index (κ2) is 3.00. The van der Waals surface area contributed by atoms with Gasteiger partial charge in [0.25, 0.3) is 0 Å². The summed E-state index contributed by atoms with van der Waals surface area (Å²) in [6.45, 7) is 1.39. The van der Waals surface area contributed by atoms with E-state index in [-0.39, 0.29) is 9.13 Å². The summed E-state index contributed by atoms with van der Waals surface area (Å²) in [6, 6.07) is 1.26. The predicted molar refractivity (Wildman–Crippen MR) is 43.8 cm³/mol. The number of halogens is 4. The molecular weight excluding hydrogens is 268 g/mol. The number of rotatable bonds is 0. The molecule has 0 amide bonds. The van der Waals surface area contributed by atoms with Gasteiger partial charge in [-0.2, -0.15) is 0 Å². The Balaban J connectivity index is 3.46. The van der Waals surface area contributed by atoms with Crippen molar-refractivity contribution in [1.82, 2.24) is 0 Å². The van der Waals surface area contributed by atoms with Crippen molar-refractivity contribution in [2.24, 2.45) is 0 Å². The molecule has 0 spiro atoms. The van der Waals surface area contributed by atoms with Crippen molar-refractivity contribution in [2.45, 2.75) is 6.92 Å². The van der Waals surface area contributed by atoms with E-state index in [1.807, 2.05) is 0 Å². The standard InChI is InChI=1S/C7H4F3I/c1-3-2-4(11)6(9)7(10)5(3)8/h2H,1H3. The van der Waals surface area contributed by atoms with Crippen molar-refractivity contribution >= 4 is 22.6 Å². The van der Waals surface area contributed by atoms with Crippen molar-refractivity contribution in [3.05, 3.63) is 32.7 Å². The lowest BCUT2D eigenvalue weighted by molar-refractivity contribution is 0.440. The topological polar surface area (TPSA) is 0 Å². The van der Waals surface area contributed by atoms with Crippen LogP contribution < -0.4 is 0 Å². The summed E-state index contributed by atoms with van der Waals surface area (Å²) >= 11 is 1.61. The van der Waals surface area contributed by atoms with Crippen molar-refractivity contribution in [3.63, 3.8) is 0 Å². The highest BCUT2D eigenvalue weighted by Crippen LogP contribution is 2.19. The molecule has 0 unspecified atom stereocenters. The third-order valence-corrected chi connectivity index (χ3v) is 2.07. The number of hydrogen-bond donors (Lipinski definition) is 0. The Morgan fingerprint density at radius 3 is 2.18 bits per heavy atom. The number of hydrogen-bond acceptors (Lipinski definition) is 0. The molecule has 0 aliphatic carbocycles. The van der Waals surface area contributed by atoms with Crippen LogP contribution in [-0.4, -0.2) is 0 Å². The summed E-state index contributed by atoms with van der Waals surface area (Å²) in [5, 5.41) is 0. The summed E-state index contributed by atoms with van der Waals surface area (Å²) in [6.07, 6.45) is 0. The van der Waals surface area contributed by atoms with Crippen LogP contribution in [0.15, 0.2) is 6.07 Å². The molecule has 4 heteroatoms. The van der Waals surface area contributed by atoms with Crippen LogP contribution in [0.4, 0.5) is 13.2 Å². The van der Waals surface area contributed by atoms with Crippen molar-refractivity contribution in [1.29, 1.82) is 0 Å². The molecule has 1 aromatic rings. The minimum Gasteiger partial charge on any atom is -0.203 e. The van der Waals surface area contributed by atoms with Gasteiger partial charge in [0.15, 0.2) is 17.5 Å². The molecule has 0 N–H and O–H groups in total. The molecule has 0 aromatic heterocycles. The predicted octanol–water partition coefficient (Wildman–Crippen LogP) is 3.02. The fourth-order valence-electron chi connectivity index (χ4n) is 0.691. The lowest BCUT2D eigenvalue weighted by Crippen LogP contribution is -1.96. The van der Waals surface area contributed by atoms with Crippen LogP contribution in [0.1, 0.15) is 5.56 Å². The maximum absolute atomic E-state index is 12.6. The Bertz CT molecular complexity index is 270. The Kier molecular flexibility index (Phi) is 2.41. The maximum Gasteiger partial charge on any atom is 0.195 e. The largest absolute Gasteiger partial charge is 0.203 e. The van der Waals surface area contributed by atoms with E-state index in [1.54, 1.807) is 22.6 Å². The van der Waals surface area contributed by atoms with Crippen LogP contribution in [0.25, 0.3) is 0 Å². The van der Waals surface area contributed by atoms with Gasteiger partial charge in [-0.3, -0.25) is 0 Å². The second-order valence-corrected chi connectivity index (χ2v) is 3.28. The van der Waals surface area contributed by atoms with Gasteiger partial charge >= 0.3 is 0 Å². The van der Waals surface area contributed by atoms with Crippen LogP contribution in [-0.2, 0) is 0 Å². The molecule has 0 nitrogen and oxygen atoms in total. The third kappa shape index (κ3) is 1.50. The average molecular weight is 272 g/mol.